The number of carbonyl (C=O) groups excluding carboxylic acids is 2. The number of benzene rings is 1. The Morgan fingerprint density at radius 2 is 1.81 bits per heavy atom. The van der Waals surface area contributed by atoms with E-state index in [1.54, 1.807) is 4.90 Å². The fourth-order valence-corrected chi connectivity index (χ4v) is 3.05. The number of likely N-dealkylation sites (tertiary alicyclic amines) is 1. The highest BCUT2D eigenvalue weighted by molar-refractivity contribution is 5.80. The van der Waals surface area contributed by atoms with Crippen molar-refractivity contribution in [3.8, 4) is 5.75 Å². The molecule has 0 radical (unpaired) electrons. The van der Waals surface area contributed by atoms with Gasteiger partial charge in [0, 0.05) is 31.1 Å². The number of hydrogen-bond donors (Lipinski definition) is 2. The predicted octanol–water partition coefficient (Wildman–Crippen LogP) is 1.94. The van der Waals surface area contributed by atoms with Gasteiger partial charge in [-0.3, -0.25) is 9.59 Å². The second-order valence-corrected chi connectivity index (χ2v) is 7.04. The van der Waals surface area contributed by atoms with Gasteiger partial charge in [0.25, 0.3) is 5.91 Å². The summed E-state index contributed by atoms with van der Waals surface area (Å²) in [7, 11) is 0. The lowest BCUT2D eigenvalue weighted by atomic mass is 9.92. The Balaban J connectivity index is 1.72. The van der Waals surface area contributed by atoms with Crippen LogP contribution in [-0.4, -0.2) is 48.5 Å². The van der Waals surface area contributed by atoms with Crippen LogP contribution in [-0.2, 0) is 9.59 Å². The van der Waals surface area contributed by atoms with Gasteiger partial charge in [0.2, 0.25) is 5.91 Å². The monoisotopic (exact) mass is 361 g/mol. The van der Waals surface area contributed by atoms with Crippen molar-refractivity contribution < 1.29 is 14.3 Å². The summed E-state index contributed by atoms with van der Waals surface area (Å²) in [5, 5.41) is 2.99. The average Bonchev–Trinajstić information content (AvgIpc) is 2.70. The predicted molar refractivity (Wildman–Crippen MR) is 102 cm³/mol. The molecule has 26 heavy (non-hydrogen) atoms. The van der Waals surface area contributed by atoms with Crippen LogP contribution in [0.25, 0.3) is 0 Å². The summed E-state index contributed by atoms with van der Waals surface area (Å²) in [6, 6.07) is 9.30. The molecule has 0 unspecified atom stereocenters. The normalized spacial score (nSPS) is 15.6. The van der Waals surface area contributed by atoms with Crippen LogP contribution in [0, 0.1) is 5.92 Å². The maximum Gasteiger partial charge on any atom is 0.260 e. The Hall–Kier alpha value is -2.08. The van der Waals surface area contributed by atoms with Crippen LogP contribution in [0.15, 0.2) is 30.3 Å². The van der Waals surface area contributed by atoms with Gasteiger partial charge in [-0.15, -0.1) is 0 Å². The zero-order chi connectivity index (χ0) is 19.0. The molecule has 0 aliphatic carbocycles. The first-order valence-corrected chi connectivity index (χ1v) is 9.49. The molecule has 0 atom stereocenters. The minimum atomic E-state index is -0.332. The van der Waals surface area contributed by atoms with E-state index in [1.807, 2.05) is 44.2 Å². The van der Waals surface area contributed by atoms with Gasteiger partial charge < -0.3 is 20.7 Å². The topological polar surface area (TPSA) is 84.7 Å². The second-order valence-electron chi connectivity index (χ2n) is 7.04. The van der Waals surface area contributed by atoms with Crippen LogP contribution < -0.4 is 15.8 Å². The zero-order valence-corrected chi connectivity index (χ0v) is 15.9. The number of piperidine rings is 1. The van der Waals surface area contributed by atoms with Gasteiger partial charge in [0.1, 0.15) is 5.75 Å². The van der Waals surface area contributed by atoms with Gasteiger partial charge in [-0.2, -0.15) is 0 Å². The summed E-state index contributed by atoms with van der Waals surface area (Å²) >= 11 is 0. The van der Waals surface area contributed by atoms with E-state index < -0.39 is 0 Å². The standard InChI is InChI=1S/C20H31N3O3/c1-3-20(21,4-2)15-22-19(25)16-10-12-23(13-11-16)18(24)14-26-17-8-6-5-7-9-17/h5-9,16H,3-4,10-15,21H2,1-2H3,(H,22,25). The van der Waals surface area contributed by atoms with Crippen LogP contribution in [0.5, 0.6) is 5.75 Å². The number of nitrogens with two attached hydrogens (primary N) is 1. The highest BCUT2D eigenvalue weighted by atomic mass is 16.5. The van der Waals surface area contributed by atoms with Crippen molar-refractivity contribution in [1.29, 1.82) is 0 Å². The van der Waals surface area contributed by atoms with Crippen molar-refractivity contribution in [2.45, 2.75) is 45.1 Å². The number of nitrogens with one attached hydrogen (secondary N) is 1. The van der Waals surface area contributed by atoms with Crippen LogP contribution >= 0.6 is 0 Å². The molecule has 1 fully saturated rings. The lowest BCUT2D eigenvalue weighted by molar-refractivity contribution is -0.137. The fourth-order valence-electron chi connectivity index (χ4n) is 3.05. The van der Waals surface area contributed by atoms with E-state index in [1.165, 1.54) is 0 Å². The van der Waals surface area contributed by atoms with Gasteiger partial charge in [-0.05, 0) is 37.8 Å². The summed E-state index contributed by atoms with van der Waals surface area (Å²) in [6.07, 6.45) is 3.02. The Bertz CT molecular complexity index is 579. The number of amides is 2. The summed E-state index contributed by atoms with van der Waals surface area (Å²) in [4.78, 5) is 26.4. The number of para-hydroxylation sites is 1. The largest absolute Gasteiger partial charge is 0.484 e. The fraction of sp³-hybridized carbons (Fsp3) is 0.600. The Morgan fingerprint density at radius 3 is 2.38 bits per heavy atom. The highest BCUT2D eigenvalue weighted by Gasteiger charge is 2.29. The molecule has 1 heterocycles. The van der Waals surface area contributed by atoms with Gasteiger partial charge in [-0.1, -0.05) is 32.0 Å². The molecular weight excluding hydrogens is 330 g/mol. The Kier molecular flexibility index (Phi) is 7.45. The van der Waals surface area contributed by atoms with Crippen molar-refractivity contribution in [2.75, 3.05) is 26.2 Å². The van der Waals surface area contributed by atoms with Crippen molar-refractivity contribution in [3.05, 3.63) is 30.3 Å². The molecule has 0 saturated carbocycles. The van der Waals surface area contributed by atoms with E-state index >= 15 is 0 Å². The first-order chi connectivity index (χ1) is 12.5. The third-order valence-electron chi connectivity index (χ3n) is 5.35. The molecule has 2 amide bonds. The highest BCUT2D eigenvalue weighted by Crippen LogP contribution is 2.19. The van der Waals surface area contributed by atoms with Crippen molar-refractivity contribution in [1.82, 2.24) is 10.2 Å². The van der Waals surface area contributed by atoms with Crippen LogP contribution in [0.1, 0.15) is 39.5 Å². The maximum absolute atomic E-state index is 12.4. The molecule has 3 N–H and O–H groups in total. The molecule has 1 aliphatic rings. The first kappa shape index (κ1) is 20.2. The van der Waals surface area contributed by atoms with Gasteiger partial charge in [-0.25, -0.2) is 0 Å². The molecule has 1 aromatic carbocycles. The van der Waals surface area contributed by atoms with Crippen molar-refractivity contribution in [2.24, 2.45) is 11.7 Å². The molecule has 1 aliphatic heterocycles. The minimum Gasteiger partial charge on any atom is -0.484 e. The molecule has 0 aromatic heterocycles. The molecule has 1 aromatic rings. The number of rotatable bonds is 8. The van der Waals surface area contributed by atoms with Gasteiger partial charge in [0.15, 0.2) is 6.61 Å². The second kappa shape index (κ2) is 9.57. The molecule has 6 heteroatoms. The summed E-state index contributed by atoms with van der Waals surface area (Å²) in [6.45, 7) is 5.79. The minimum absolute atomic E-state index is 0.0313. The van der Waals surface area contributed by atoms with Gasteiger partial charge in [0.05, 0.1) is 0 Å². The van der Waals surface area contributed by atoms with Gasteiger partial charge >= 0.3 is 0 Å². The van der Waals surface area contributed by atoms with E-state index in [0.29, 0.717) is 38.2 Å². The smallest absolute Gasteiger partial charge is 0.260 e. The molecule has 0 bridgehead atoms. The molecule has 1 saturated heterocycles. The lowest BCUT2D eigenvalue weighted by Gasteiger charge is -2.32. The molecule has 144 valence electrons. The number of ether oxygens (including phenoxy) is 1. The molecule has 0 spiro atoms. The Morgan fingerprint density at radius 1 is 1.19 bits per heavy atom. The van der Waals surface area contributed by atoms with Crippen LogP contribution in [0.3, 0.4) is 0 Å². The third kappa shape index (κ3) is 5.73. The van der Waals surface area contributed by atoms with Crippen LogP contribution in [0.4, 0.5) is 0 Å². The summed E-state index contributed by atoms with van der Waals surface area (Å²) in [5.74, 6) is 0.652. The molecule has 6 nitrogen and oxygen atoms in total. The van der Waals surface area contributed by atoms with Crippen molar-refractivity contribution in [3.63, 3.8) is 0 Å². The van der Waals surface area contributed by atoms with E-state index in [9.17, 15) is 9.59 Å². The van der Waals surface area contributed by atoms with Crippen LogP contribution in [0.2, 0.25) is 0 Å². The average molecular weight is 361 g/mol. The molecular formula is C20H31N3O3. The van der Waals surface area contributed by atoms with E-state index in [-0.39, 0.29) is 29.9 Å². The number of hydrogen-bond acceptors (Lipinski definition) is 4. The van der Waals surface area contributed by atoms with E-state index in [2.05, 4.69) is 5.32 Å². The summed E-state index contributed by atoms with van der Waals surface area (Å²) in [5.41, 5.74) is 5.90. The van der Waals surface area contributed by atoms with E-state index in [4.69, 9.17) is 10.5 Å². The quantitative estimate of drug-likeness (QED) is 0.741. The SMILES string of the molecule is CCC(N)(CC)CNC(=O)C1CCN(C(=O)COc2ccccc2)CC1. The van der Waals surface area contributed by atoms with Crippen molar-refractivity contribution >= 4 is 11.8 Å². The number of nitrogens with zero attached hydrogens (tertiary/aromatic N) is 1. The third-order valence-corrected chi connectivity index (χ3v) is 5.35. The Labute approximate surface area is 156 Å². The van der Waals surface area contributed by atoms with E-state index in [0.717, 1.165) is 12.8 Å². The molecule has 2 rings (SSSR count). The zero-order valence-electron chi connectivity index (χ0n) is 15.9. The first-order valence-electron chi connectivity index (χ1n) is 9.49. The maximum atomic E-state index is 12.4. The lowest BCUT2D eigenvalue weighted by Crippen LogP contribution is -2.51. The summed E-state index contributed by atoms with van der Waals surface area (Å²) < 4.78 is 5.51. The number of carbonyl (C=O) groups is 2.